The average molecular weight is 617 g/mol. The first-order valence-corrected chi connectivity index (χ1v) is 17.1. The molecule has 0 heterocycles. The van der Waals surface area contributed by atoms with E-state index in [1.54, 1.807) is 26.0 Å². The molecule has 0 aromatic rings. The number of aliphatic hydroxyl groups is 3. The molecule has 8 atom stereocenters. The highest BCUT2D eigenvalue weighted by Crippen LogP contribution is 2.77. The summed E-state index contributed by atoms with van der Waals surface area (Å²) in [5, 5.41) is 34.8. The first-order valence-electron chi connectivity index (χ1n) is 17.1. The predicted octanol–water partition coefficient (Wildman–Crippen LogP) is 5.75. The van der Waals surface area contributed by atoms with Gasteiger partial charge in [0, 0.05) is 48.9 Å². The Bertz CT molecular complexity index is 1150. The maximum absolute atomic E-state index is 13.3. The number of unbranched alkanes of at least 4 members (excludes halogenated alkanes) is 10. The van der Waals surface area contributed by atoms with Crippen LogP contribution in [0.15, 0.2) is 23.3 Å². The van der Waals surface area contributed by atoms with Gasteiger partial charge in [0.25, 0.3) is 0 Å². The summed E-state index contributed by atoms with van der Waals surface area (Å²) in [4.78, 5) is 39.1. The normalized spacial score (nSPS) is 36.8. The van der Waals surface area contributed by atoms with Crippen LogP contribution in [0.2, 0.25) is 0 Å². The monoisotopic (exact) mass is 616 g/mol. The molecular weight excluding hydrogens is 560 g/mol. The van der Waals surface area contributed by atoms with Crippen LogP contribution in [0.1, 0.15) is 125 Å². The van der Waals surface area contributed by atoms with E-state index in [2.05, 4.69) is 6.92 Å². The molecule has 4 aliphatic rings. The van der Waals surface area contributed by atoms with Crippen molar-refractivity contribution < 1.29 is 39.2 Å². The molecule has 0 amide bonds. The first-order chi connectivity index (χ1) is 20.7. The quantitative estimate of drug-likeness (QED) is 0.120. The van der Waals surface area contributed by atoms with E-state index < -0.39 is 69.7 Å². The van der Waals surface area contributed by atoms with E-state index in [-0.39, 0.29) is 19.4 Å². The molecule has 248 valence electrons. The van der Waals surface area contributed by atoms with Crippen molar-refractivity contribution in [3.8, 4) is 0 Å². The molecule has 0 radical (unpaired) electrons. The Labute approximate surface area is 263 Å². The zero-order valence-corrected chi connectivity index (χ0v) is 27.8. The molecule has 0 saturated heterocycles. The van der Waals surface area contributed by atoms with Gasteiger partial charge in [-0.3, -0.25) is 14.4 Å². The maximum Gasteiger partial charge on any atom is 0.306 e. The Kier molecular flexibility index (Phi) is 10.6. The molecule has 3 unspecified atom stereocenters. The van der Waals surface area contributed by atoms with Crippen molar-refractivity contribution in [3.63, 3.8) is 0 Å². The number of ketones is 1. The number of carbonyl (C=O) groups is 3. The zero-order valence-electron chi connectivity index (χ0n) is 27.8. The van der Waals surface area contributed by atoms with E-state index in [1.807, 2.05) is 13.8 Å². The topological polar surface area (TPSA) is 130 Å². The highest BCUT2D eigenvalue weighted by molar-refractivity contribution is 6.04. The Morgan fingerprint density at radius 3 is 2.07 bits per heavy atom. The lowest BCUT2D eigenvalue weighted by molar-refractivity contribution is -0.228. The van der Waals surface area contributed by atoms with Gasteiger partial charge in [0.1, 0.15) is 11.7 Å². The second-order valence-corrected chi connectivity index (χ2v) is 14.7. The van der Waals surface area contributed by atoms with Crippen LogP contribution in [-0.4, -0.2) is 62.6 Å². The second-order valence-electron chi connectivity index (χ2n) is 14.7. The molecule has 0 bridgehead atoms. The zero-order chi connectivity index (χ0) is 32.5. The summed E-state index contributed by atoms with van der Waals surface area (Å²) in [6.45, 7) is 10.4. The van der Waals surface area contributed by atoms with Gasteiger partial charge >= 0.3 is 11.9 Å². The summed E-state index contributed by atoms with van der Waals surface area (Å²) in [6, 6.07) is 0. The number of hydrogen-bond donors (Lipinski definition) is 3. The van der Waals surface area contributed by atoms with Crippen molar-refractivity contribution in [2.24, 2.45) is 29.1 Å². The van der Waals surface area contributed by atoms with Gasteiger partial charge in [-0.15, -0.1) is 0 Å². The predicted molar refractivity (Wildman–Crippen MR) is 167 cm³/mol. The molecule has 3 N–H and O–H groups in total. The molecule has 2 saturated carbocycles. The Morgan fingerprint density at radius 2 is 1.52 bits per heavy atom. The van der Waals surface area contributed by atoms with Crippen molar-refractivity contribution >= 4 is 17.7 Å². The van der Waals surface area contributed by atoms with Crippen LogP contribution in [0.4, 0.5) is 0 Å². The van der Waals surface area contributed by atoms with Crippen molar-refractivity contribution in [1.82, 2.24) is 0 Å². The van der Waals surface area contributed by atoms with E-state index in [4.69, 9.17) is 9.47 Å². The van der Waals surface area contributed by atoms with E-state index in [0.29, 0.717) is 17.6 Å². The van der Waals surface area contributed by atoms with Crippen LogP contribution >= 0.6 is 0 Å². The number of ether oxygens (including phenoxy) is 2. The summed E-state index contributed by atoms with van der Waals surface area (Å²) in [6.07, 6.45) is 15.4. The molecule has 0 aromatic heterocycles. The molecule has 0 spiro atoms. The van der Waals surface area contributed by atoms with E-state index >= 15 is 0 Å². The summed E-state index contributed by atoms with van der Waals surface area (Å²) in [5.74, 6) is -4.29. The van der Waals surface area contributed by atoms with Gasteiger partial charge < -0.3 is 24.8 Å². The number of carbonyl (C=O) groups excluding carboxylic acids is 3. The van der Waals surface area contributed by atoms with Crippen LogP contribution in [0, 0.1) is 29.1 Å². The third-order valence-corrected chi connectivity index (χ3v) is 11.5. The number of esters is 2. The number of fused-ring (bicyclic) bond motifs is 5. The number of rotatable bonds is 15. The van der Waals surface area contributed by atoms with Crippen molar-refractivity contribution in [3.05, 3.63) is 23.3 Å². The summed E-state index contributed by atoms with van der Waals surface area (Å²) < 4.78 is 12.3. The van der Waals surface area contributed by atoms with Crippen LogP contribution < -0.4 is 0 Å². The first kappa shape index (κ1) is 34.8. The lowest BCUT2D eigenvalue weighted by Crippen LogP contribution is -2.66. The second kappa shape index (κ2) is 13.4. The number of Topliss-reactive ketones (excluding diaryl/α,β-unsaturated/α-hetero) is 1. The number of hydrogen-bond acceptors (Lipinski definition) is 8. The molecule has 8 heteroatoms. The Morgan fingerprint density at radius 1 is 0.955 bits per heavy atom. The Balaban J connectivity index is 1.51. The Hall–Kier alpha value is -2.03. The molecule has 0 aliphatic heterocycles. The third kappa shape index (κ3) is 5.84. The van der Waals surface area contributed by atoms with Crippen LogP contribution in [0.5, 0.6) is 0 Å². The van der Waals surface area contributed by atoms with Gasteiger partial charge in [-0.05, 0) is 24.5 Å². The van der Waals surface area contributed by atoms with Crippen molar-refractivity contribution in [2.75, 3.05) is 6.61 Å². The molecule has 44 heavy (non-hydrogen) atoms. The maximum atomic E-state index is 13.3. The SMILES string of the molecule is CCCCCCCCCCCCCC(=O)O[C@@H]1[C@@H](C)[C@@]2(O)C(C=C(CO)C[C@]3(O)C(=O)C(C)=CC23)C2C(C)(C)[C@@]21OC(C)=O. The van der Waals surface area contributed by atoms with E-state index in [0.717, 1.165) is 19.3 Å². The fraction of sp³-hybridized carbons (Fsp3) is 0.806. The fourth-order valence-electron chi connectivity index (χ4n) is 9.20. The van der Waals surface area contributed by atoms with Crippen LogP contribution in [0.3, 0.4) is 0 Å². The summed E-state index contributed by atoms with van der Waals surface area (Å²) in [5.41, 5.74) is -4.71. The van der Waals surface area contributed by atoms with Gasteiger partial charge in [0.2, 0.25) is 0 Å². The highest BCUT2D eigenvalue weighted by atomic mass is 16.6. The minimum Gasteiger partial charge on any atom is -0.458 e. The van der Waals surface area contributed by atoms with Gasteiger partial charge in [0.05, 0.1) is 12.2 Å². The van der Waals surface area contributed by atoms with Crippen molar-refractivity contribution in [2.45, 2.75) is 148 Å². The van der Waals surface area contributed by atoms with Gasteiger partial charge in [-0.2, -0.15) is 0 Å². The minimum atomic E-state index is -1.93. The van der Waals surface area contributed by atoms with Gasteiger partial charge in [-0.25, -0.2) is 0 Å². The summed E-state index contributed by atoms with van der Waals surface area (Å²) in [7, 11) is 0. The minimum absolute atomic E-state index is 0.108. The molecule has 0 aromatic carbocycles. The van der Waals surface area contributed by atoms with Crippen LogP contribution in [0.25, 0.3) is 0 Å². The van der Waals surface area contributed by atoms with Crippen LogP contribution in [-0.2, 0) is 23.9 Å². The molecule has 4 rings (SSSR count). The highest BCUT2D eigenvalue weighted by Gasteiger charge is 2.87. The average Bonchev–Trinajstić information content (AvgIpc) is 3.38. The third-order valence-electron chi connectivity index (χ3n) is 11.5. The molecule has 4 aliphatic carbocycles. The van der Waals surface area contributed by atoms with Crippen molar-refractivity contribution in [1.29, 1.82) is 0 Å². The molecule has 8 nitrogen and oxygen atoms in total. The van der Waals surface area contributed by atoms with E-state index in [9.17, 15) is 29.7 Å². The largest absolute Gasteiger partial charge is 0.458 e. The van der Waals surface area contributed by atoms with Gasteiger partial charge in [0.15, 0.2) is 11.4 Å². The lowest BCUT2D eigenvalue weighted by atomic mass is 9.59. The standard InChI is InChI=1S/C36H56O8/c1-7-8-9-10-11-12-13-14-15-16-17-18-29(39)43-32-24(3)35(42)27(30-33(5,6)36(30,32)44-25(4)38)20-26(22-37)21-34(41)28(35)19-23(2)31(34)40/h19-20,24,27-28,30,32,37,41-42H,7-18,21-22H2,1-6H3/t24-,27?,28?,30?,32-,34-,35-,36-/m1/s1. The fourth-order valence-corrected chi connectivity index (χ4v) is 9.20. The lowest BCUT2D eigenvalue weighted by Gasteiger charge is -2.53. The van der Waals surface area contributed by atoms with E-state index in [1.165, 1.54) is 51.9 Å². The smallest absolute Gasteiger partial charge is 0.306 e. The summed E-state index contributed by atoms with van der Waals surface area (Å²) >= 11 is 0. The van der Waals surface area contributed by atoms with Gasteiger partial charge in [-0.1, -0.05) is 104 Å². The molecule has 2 fully saturated rings. The number of aliphatic hydroxyl groups excluding tert-OH is 1. The molecular formula is C36H56O8.